The number of nitrogens with one attached hydrogen (secondary N) is 1. The van der Waals surface area contributed by atoms with Gasteiger partial charge in [-0.3, -0.25) is 9.59 Å². The first kappa shape index (κ1) is 30.0. The summed E-state index contributed by atoms with van der Waals surface area (Å²) in [5, 5.41) is 4.46. The molecule has 1 atom stereocenters. The third-order valence-corrected chi connectivity index (χ3v) is 9.20. The molecule has 3 aromatic carbocycles. The van der Waals surface area contributed by atoms with Gasteiger partial charge in [0, 0.05) is 39.3 Å². The fraction of sp³-hybridized carbons (Fsp3) is 0.355. The number of hydrogen-bond acceptors (Lipinski definition) is 3. The van der Waals surface area contributed by atoms with E-state index in [4.69, 9.17) is 23.2 Å². The first-order chi connectivity index (χ1) is 18.9. The van der Waals surface area contributed by atoms with Gasteiger partial charge in [0.1, 0.15) is 6.04 Å². The van der Waals surface area contributed by atoms with Crippen LogP contribution in [-0.4, -0.2) is 34.6 Å². The number of benzene rings is 3. The van der Waals surface area contributed by atoms with Crippen LogP contribution in [0.5, 0.6) is 0 Å². The van der Waals surface area contributed by atoms with Crippen molar-refractivity contribution in [3.05, 3.63) is 104 Å². The van der Waals surface area contributed by atoms with E-state index in [1.807, 2.05) is 60.7 Å². The molecule has 0 aromatic heterocycles. The molecule has 0 spiro atoms. The molecule has 1 N–H and O–H groups in total. The Morgan fingerprint density at radius 1 is 0.897 bits per heavy atom. The van der Waals surface area contributed by atoms with E-state index in [0.717, 1.165) is 46.8 Å². The number of rotatable bonds is 11. The number of carbonyl (C=O) groups is 2. The summed E-state index contributed by atoms with van der Waals surface area (Å²) >= 11 is 17.7. The highest BCUT2D eigenvalue weighted by Crippen LogP contribution is 2.29. The van der Waals surface area contributed by atoms with E-state index >= 15 is 0 Å². The highest BCUT2D eigenvalue weighted by molar-refractivity contribution is 9.10. The lowest BCUT2D eigenvalue weighted by Crippen LogP contribution is -2.53. The Labute approximate surface area is 254 Å². The molecular formula is C31H33BrCl2N2O2S. The zero-order chi connectivity index (χ0) is 27.6. The van der Waals surface area contributed by atoms with Gasteiger partial charge in [-0.25, -0.2) is 0 Å². The lowest BCUT2D eigenvalue weighted by atomic mass is 9.94. The molecule has 1 aliphatic rings. The molecule has 1 saturated carbocycles. The van der Waals surface area contributed by atoms with Gasteiger partial charge in [-0.15, -0.1) is 11.8 Å². The van der Waals surface area contributed by atoms with E-state index in [1.165, 1.54) is 18.2 Å². The van der Waals surface area contributed by atoms with Gasteiger partial charge in [0.25, 0.3) is 0 Å². The largest absolute Gasteiger partial charge is 0.352 e. The molecule has 0 heterocycles. The third-order valence-electron chi connectivity index (χ3n) is 7.02. The summed E-state index contributed by atoms with van der Waals surface area (Å²) < 4.78 is 0.965. The van der Waals surface area contributed by atoms with Crippen LogP contribution in [0.3, 0.4) is 0 Å². The van der Waals surface area contributed by atoms with Crippen LogP contribution in [-0.2, 0) is 28.3 Å². The summed E-state index contributed by atoms with van der Waals surface area (Å²) in [7, 11) is 0. The van der Waals surface area contributed by atoms with Crippen LogP contribution in [0.1, 0.15) is 48.8 Å². The van der Waals surface area contributed by atoms with Crippen LogP contribution in [0.4, 0.5) is 0 Å². The van der Waals surface area contributed by atoms with Crippen molar-refractivity contribution in [3.8, 4) is 0 Å². The Kier molecular flexibility index (Phi) is 11.6. The molecule has 0 bridgehead atoms. The van der Waals surface area contributed by atoms with Crippen LogP contribution in [0.2, 0.25) is 10.0 Å². The van der Waals surface area contributed by atoms with Gasteiger partial charge in [0.05, 0.1) is 5.75 Å². The maximum atomic E-state index is 13.9. The van der Waals surface area contributed by atoms with E-state index in [2.05, 4.69) is 21.2 Å². The second-order valence-electron chi connectivity index (χ2n) is 9.89. The van der Waals surface area contributed by atoms with Gasteiger partial charge < -0.3 is 10.2 Å². The van der Waals surface area contributed by atoms with E-state index in [-0.39, 0.29) is 23.6 Å². The summed E-state index contributed by atoms with van der Waals surface area (Å²) in [6, 6.07) is 22.7. The molecule has 1 fully saturated rings. The SMILES string of the molecule is O=C(NC1CCCCC1)[C@@H](Cc1ccccc1)N(Cc1ccc(Br)cc1)C(=O)CSCc1c(Cl)cccc1Cl. The Balaban J connectivity index is 1.57. The Morgan fingerprint density at radius 2 is 1.56 bits per heavy atom. The van der Waals surface area contributed by atoms with Gasteiger partial charge in [-0.2, -0.15) is 0 Å². The van der Waals surface area contributed by atoms with E-state index in [1.54, 1.807) is 17.0 Å². The molecule has 8 heteroatoms. The number of thioether (sulfide) groups is 1. The van der Waals surface area contributed by atoms with Crippen molar-refractivity contribution >= 4 is 62.7 Å². The molecule has 39 heavy (non-hydrogen) atoms. The fourth-order valence-corrected chi connectivity index (χ4v) is 6.79. The molecule has 4 rings (SSSR count). The van der Waals surface area contributed by atoms with Crippen LogP contribution >= 0.6 is 50.9 Å². The van der Waals surface area contributed by atoms with Crippen LogP contribution < -0.4 is 5.32 Å². The van der Waals surface area contributed by atoms with Crippen molar-refractivity contribution < 1.29 is 9.59 Å². The lowest BCUT2D eigenvalue weighted by molar-refractivity contribution is -0.139. The average Bonchev–Trinajstić information content (AvgIpc) is 2.94. The maximum absolute atomic E-state index is 13.9. The van der Waals surface area contributed by atoms with Crippen LogP contribution in [0.25, 0.3) is 0 Å². The first-order valence-corrected chi connectivity index (χ1v) is 16.0. The highest BCUT2D eigenvalue weighted by Gasteiger charge is 2.32. The summed E-state index contributed by atoms with van der Waals surface area (Å²) in [5.74, 6) is 0.537. The number of nitrogens with zero attached hydrogens (tertiary/aromatic N) is 1. The van der Waals surface area contributed by atoms with Crippen LogP contribution in [0.15, 0.2) is 77.3 Å². The highest BCUT2D eigenvalue weighted by atomic mass is 79.9. The topological polar surface area (TPSA) is 49.4 Å². The number of amides is 2. The second kappa shape index (κ2) is 15.1. The first-order valence-electron chi connectivity index (χ1n) is 13.3. The number of hydrogen-bond donors (Lipinski definition) is 1. The minimum Gasteiger partial charge on any atom is -0.352 e. The number of carbonyl (C=O) groups excluding carboxylic acids is 2. The van der Waals surface area contributed by atoms with E-state index in [9.17, 15) is 9.59 Å². The third kappa shape index (κ3) is 9.01. The van der Waals surface area contributed by atoms with Crippen molar-refractivity contribution in [3.63, 3.8) is 0 Å². The summed E-state index contributed by atoms with van der Waals surface area (Å²) in [5.41, 5.74) is 2.80. The molecule has 1 aliphatic carbocycles. The Morgan fingerprint density at radius 3 is 2.23 bits per heavy atom. The van der Waals surface area contributed by atoms with Crippen molar-refractivity contribution in [2.45, 2.75) is 62.9 Å². The van der Waals surface area contributed by atoms with Crippen molar-refractivity contribution in [2.75, 3.05) is 5.75 Å². The standard InChI is InChI=1S/C31H33BrCl2N2O2S/c32-24-16-14-23(15-17-24)19-36(30(37)21-39-20-26-27(33)12-7-13-28(26)34)29(18-22-8-3-1-4-9-22)31(38)35-25-10-5-2-6-11-25/h1,3-4,7-9,12-17,25,29H,2,5-6,10-11,18-21H2,(H,35,38)/t29-/m1/s1. The predicted octanol–water partition coefficient (Wildman–Crippen LogP) is 8.08. The van der Waals surface area contributed by atoms with Gasteiger partial charge in [0.2, 0.25) is 11.8 Å². The average molecular weight is 648 g/mol. The van der Waals surface area contributed by atoms with Gasteiger partial charge >= 0.3 is 0 Å². The second-order valence-corrected chi connectivity index (χ2v) is 12.6. The zero-order valence-corrected chi connectivity index (χ0v) is 25.7. The Hall–Kier alpha value is -1.99. The van der Waals surface area contributed by atoms with Crippen molar-refractivity contribution in [1.29, 1.82) is 0 Å². The number of halogens is 3. The predicted molar refractivity (Wildman–Crippen MR) is 166 cm³/mol. The molecule has 4 nitrogen and oxygen atoms in total. The fourth-order valence-electron chi connectivity index (χ4n) is 4.88. The van der Waals surface area contributed by atoms with Gasteiger partial charge in [-0.05, 0) is 53.8 Å². The molecule has 0 aliphatic heterocycles. The quantitative estimate of drug-likeness (QED) is 0.229. The molecule has 0 unspecified atom stereocenters. The molecule has 3 aromatic rings. The maximum Gasteiger partial charge on any atom is 0.243 e. The molecule has 0 saturated heterocycles. The van der Waals surface area contributed by atoms with Gasteiger partial charge in [0.15, 0.2) is 0 Å². The summed E-state index contributed by atoms with van der Waals surface area (Å²) in [6.45, 7) is 0.342. The lowest BCUT2D eigenvalue weighted by Gasteiger charge is -2.33. The van der Waals surface area contributed by atoms with Crippen molar-refractivity contribution in [1.82, 2.24) is 10.2 Å². The smallest absolute Gasteiger partial charge is 0.243 e. The van der Waals surface area contributed by atoms with Gasteiger partial charge in [-0.1, -0.05) is 107 Å². The summed E-state index contributed by atoms with van der Waals surface area (Å²) in [6.07, 6.45) is 5.87. The van der Waals surface area contributed by atoms with Crippen LogP contribution in [0, 0.1) is 0 Å². The molecule has 206 valence electrons. The normalized spacial score (nSPS) is 14.5. The van der Waals surface area contributed by atoms with Crippen molar-refractivity contribution in [2.24, 2.45) is 0 Å². The minimum absolute atomic E-state index is 0.0876. The minimum atomic E-state index is -0.630. The summed E-state index contributed by atoms with van der Waals surface area (Å²) in [4.78, 5) is 29.4. The molecule has 0 radical (unpaired) electrons. The van der Waals surface area contributed by atoms with E-state index < -0.39 is 6.04 Å². The van der Waals surface area contributed by atoms with E-state index in [0.29, 0.717) is 28.8 Å². The monoisotopic (exact) mass is 646 g/mol. The Bertz CT molecular complexity index is 1220. The molecule has 2 amide bonds. The zero-order valence-electron chi connectivity index (χ0n) is 21.8. The molecular weight excluding hydrogens is 615 g/mol.